The lowest BCUT2D eigenvalue weighted by atomic mass is 10.1. The van der Waals surface area contributed by atoms with Crippen LogP contribution in [0.5, 0.6) is 5.75 Å². The topological polar surface area (TPSA) is 88.1 Å². The second-order valence-electron chi connectivity index (χ2n) is 7.25. The fourth-order valence-electron chi connectivity index (χ4n) is 3.04. The van der Waals surface area contributed by atoms with Crippen molar-refractivity contribution in [3.05, 3.63) is 94.0 Å². The molecule has 0 saturated carbocycles. The maximum atomic E-state index is 13.2. The highest BCUT2D eigenvalue weighted by atomic mass is 79.9. The van der Waals surface area contributed by atoms with Gasteiger partial charge in [-0.05, 0) is 42.8 Å². The molecule has 172 valence electrons. The standard InChI is InChI=1S/C24H24BrN3O4S/c1-18-8-10-19(11-9-18)16-28(33(30,31)22-6-4-3-5-7-22)17-24(29)27-26-15-20-14-21(25)12-13-23(20)32-2/h3-15H,16-17H2,1-2H3,(H,27,29). The number of carbonyl (C=O) groups is 1. The quantitative estimate of drug-likeness (QED) is 0.333. The van der Waals surface area contributed by atoms with Crippen molar-refractivity contribution in [1.29, 1.82) is 0 Å². The Balaban J connectivity index is 1.78. The molecule has 0 bridgehead atoms. The number of hydrogen-bond donors (Lipinski definition) is 1. The van der Waals surface area contributed by atoms with Crippen molar-refractivity contribution in [1.82, 2.24) is 9.73 Å². The minimum absolute atomic E-state index is 0.0497. The third kappa shape index (κ3) is 6.74. The smallest absolute Gasteiger partial charge is 0.255 e. The van der Waals surface area contributed by atoms with Crippen LogP contribution < -0.4 is 10.2 Å². The molecule has 3 aromatic carbocycles. The summed E-state index contributed by atoms with van der Waals surface area (Å²) in [6.07, 6.45) is 1.44. The molecule has 9 heteroatoms. The minimum Gasteiger partial charge on any atom is -0.496 e. The van der Waals surface area contributed by atoms with Gasteiger partial charge in [-0.3, -0.25) is 4.79 Å². The molecule has 7 nitrogen and oxygen atoms in total. The van der Waals surface area contributed by atoms with Crippen molar-refractivity contribution in [2.75, 3.05) is 13.7 Å². The molecule has 1 N–H and O–H groups in total. The number of sulfonamides is 1. The van der Waals surface area contributed by atoms with Gasteiger partial charge in [-0.2, -0.15) is 9.41 Å². The van der Waals surface area contributed by atoms with E-state index in [4.69, 9.17) is 4.74 Å². The number of carbonyl (C=O) groups excluding carboxylic acids is 1. The summed E-state index contributed by atoms with van der Waals surface area (Å²) in [5.74, 6) is 0.0238. The van der Waals surface area contributed by atoms with Crippen molar-refractivity contribution < 1.29 is 17.9 Å². The van der Waals surface area contributed by atoms with Crippen molar-refractivity contribution >= 4 is 38.1 Å². The number of rotatable bonds is 9. The fraction of sp³-hybridized carbons (Fsp3) is 0.167. The summed E-state index contributed by atoms with van der Waals surface area (Å²) in [6, 6.07) is 20.9. The Morgan fingerprint density at radius 1 is 1.09 bits per heavy atom. The van der Waals surface area contributed by atoms with Crippen LogP contribution in [0.3, 0.4) is 0 Å². The Morgan fingerprint density at radius 3 is 2.45 bits per heavy atom. The normalized spacial score (nSPS) is 11.6. The molecule has 3 rings (SSSR count). The first-order chi connectivity index (χ1) is 15.8. The first kappa shape index (κ1) is 24.6. The second kappa shape index (κ2) is 11.2. The van der Waals surface area contributed by atoms with Crippen LogP contribution in [-0.2, 0) is 21.4 Å². The molecule has 0 saturated heterocycles. The van der Waals surface area contributed by atoms with Gasteiger partial charge in [0.1, 0.15) is 5.75 Å². The van der Waals surface area contributed by atoms with E-state index in [1.54, 1.807) is 30.3 Å². The molecule has 0 aliphatic heterocycles. The average molecular weight is 530 g/mol. The maximum absolute atomic E-state index is 13.2. The molecule has 3 aromatic rings. The van der Waals surface area contributed by atoms with Gasteiger partial charge in [-0.15, -0.1) is 0 Å². The molecule has 0 unspecified atom stereocenters. The predicted octanol–water partition coefficient (Wildman–Crippen LogP) is 4.11. The van der Waals surface area contributed by atoms with E-state index >= 15 is 0 Å². The molecule has 0 aromatic heterocycles. The molecular weight excluding hydrogens is 506 g/mol. The largest absolute Gasteiger partial charge is 0.496 e. The average Bonchev–Trinajstić information content (AvgIpc) is 2.81. The Kier molecular flexibility index (Phi) is 8.37. The molecule has 0 aliphatic carbocycles. The lowest BCUT2D eigenvalue weighted by Crippen LogP contribution is -2.39. The number of methoxy groups -OCH3 is 1. The van der Waals surface area contributed by atoms with Crippen LogP contribution in [0.15, 0.2) is 87.3 Å². The van der Waals surface area contributed by atoms with Gasteiger partial charge in [0, 0.05) is 16.6 Å². The lowest BCUT2D eigenvalue weighted by molar-refractivity contribution is -0.121. The third-order valence-corrected chi connectivity index (χ3v) is 7.06. The second-order valence-corrected chi connectivity index (χ2v) is 10.1. The highest BCUT2D eigenvalue weighted by Gasteiger charge is 2.26. The molecular formula is C24H24BrN3O4S. The van der Waals surface area contributed by atoms with E-state index in [9.17, 15) is 13.2 Å². The van der Waals surface area contributed by atoms with Crippen LogP contribution in [0.2, 0.25) is 0 Å². The van der Waals surface area contributed by atoms with Gasteiger partial charge in [0.15, 0.2) is 0 Å². The molecule has 33 heavy (non-hydrogen) atoms. The molecule has 0 radical (unpaired) electrons. The summed E-state index contributed by atoms with van der Waals surface area (Å²) in [7, 11) is -2.37. The summed E-state index contributed by atoms with van der Waals surface area (Å²) in [6.45, 7) is 1.61. The van der Waals surface area contributed by atoms with Gasteiger partial charge < -0.3 is 4.74 Å². The van der Waals surface area contributed by atoms with E-state index in [0.717, 1.165) is 19.9 Å². The van der Waals surface area contributed by atoms with Gasteiger partial charge in [0.25, 0.3) is 5.91 Å². The summed E-state index contributed by atoms with van der Waals surface area (Å²) in [5.41, 5.74) is 4.89. The predicted molar refractivity (Wildman–Crippen MR) is 132 cm³/mol. The molecule has 0 spiro atoms. The Hall–Kier alpha value is -3.01. The number of halogens is 1. The SMILES string of the molecule is COc1ccc(Br)cc1C=NNC(=O)CN(Cc1ccc(C)cc1)S(=O)(=O)c1ccccc1. The number of nitrogens with zero attached hydrogens (tertiary/aromatic N) is 2. The highest BCUT2D eigenvalue weighted by Crippen LogP contribution is 2.21. The van der Waals surface area contributed by atoms with Gasteiger partial charge in [0.05, 0.1) is 24.8 Å². The molecule has 0 fully saturated rings. The first-order valence-electron chi connectivity index (χ1n) is 10.1. The molecule has 0 atom stereocenters. The summed E-state index contributed by atoms with van der Waals surface area (Å²) in [5, 5.41) is 3.97. The minimum atomic E-state index is -3.90. The van der Waals surface area contributed by atoms with Crippen LogP contribution >= 0.6 is 15.9 Å². The first-order valence-corrected chi connectivity index (χ1v) is 12.3. The van der Waals surface area contributed by atoms with Crippen molar-refractivity contribution in [2.45, 2.75) is 18.4 Å². The number of amides is 1. The zero-order valence-corrected chi connectivity index (χ0v) is 20.6. The van der Waals surface area contributed by atoms with E-state index in [2.05, 4.69) is 26.5 Å². The monoisotopic (exact) mass is 529 g/mol. The van der Waals surface area contributed by atoms with Crippen LogP contribution in [0.25, 0.3) is 0 Å². The summed E-state index contributed by atoms with van der Waals surface area (Å²) >= 11 is 3.38. The Bertz CT molecular complexity index is 1230. The van der Waals surface area contributed by atoms with E-state index in [0.29, 0.717) is 11.3 Å². The van der Waals surface area contributed by atoms with Gasteiger partial charge in [-0.25, -0.2) is 13.8 Å². The van der Waals surface area contributed by atoms with Gasteiger partial charge in [-0.1, -0.05) is 64.0 Å². The fourth-order valence-corrected chi connectivity index (χ4v) is 4.82. The number of ether oxygens (including phenoxy) is 1. The van der Waals surface area contributed by atoms with Crippen LogP contribution in [0.4, 0.5) is 0 Å². The van der Waals surface area contributed by atoms with Crippen molar-refractivity contribution in [3.63, 3.8) is 0 Å². The van der Waals surface area contributed by atoms with Gasteiger partial charge >= 0.3 is 0 Å². The third-order valence-electron chi connectivity index (χ3n) is 4.77. The highest BCUT2D eigenvalue weighted by molar-refractivity contribution is 9.10. The number of nitrogens with one attached hydrogen (secondary N) is 1. The van der Waals surface area contributed by atoms with Crippen LogP contribution in [-0.4, -0.2) is 38.5 Å². The molecule has 0 aliphatic rings. The Labute approximate surface area is 202 Å². The summed E-state index contributed by atoms with van der Waals surface area (Å²) < 4.78 is 33.7. The molecule has 1 amide bonds. The van der Waals surface area contributed by atoms with Gasteiger partial charge in [0.2, 0.25) is 10.0 Å². The number of hydrogen-bond acceptors (Lipinski definition) is 5. The molecule has 0 heterocycles. The van der Waals surface area contributed by atoms with E-state index < -0.39 is 22.5 Å². The lowest BCUT2D eigenvalue weighted by Gasteiger charge is -2.21. The van der Waals surface area contributed by atoms with Crippen molar-refractivity contribution in [3.8, 4) is 5.75 Å². The number of benzene rings is 3. The number of hydrazone groups is 1. The maximum Gasteiger partial charge on any atom is 0.255 e. The van der Waals surface area contributed by atoms with Crippen molar-refractivity contribution in [2.24, 2.45) is 5.10 Å². The van der Waals surface area contributed by atoms with E-state index in [1.165, 1.54) is 25.5 Å². The zero-order chi connectivity index (χ0) is 23.8. The van der Waals surface area contributed by atoms with Crippen LogP contribution in [0.1, 0.15) is 16.7 Å². The Morgan fingerprint density at radius 2 is 1.79 bits per heavy atom. The summed E-state index contributed by atoms with van der Waals surface area (Å²) in [4.78, 5) is 12.7. The van der Waals surface area contributed by atoms with Crippen LogP contribution in [0, 0.1) is 6.92 Å². The van der Waals surface area contributed by atoms with E-state index in [1.807, 2.05) is 37.3 Å². The zero-order valence-electron chi connectivity index (χ0n) is 18.2. The van der Waals surface area contributed by atoms with E-state index in [-0.39, 0.29) is 11.4 Å². The number of aryl methyl sites for hydroxylation is 1.